The molecule has 2 heterocycles. The minimum absolute atomic E-state index is 0. The van der Waals surface area contributed by atoms with Crippen molar-refractivity contribution in [1.82, 2.24) is 9.80 Å². The first kappa shape index (κ1) is 18.0. The van der Waals surface area contributed by atoms with Crippen molar-refractivity contribution in [2.75, 3.05) is 39.3 Å². The second kappa shape index (κ2) is 9.82. The molecule has 2 rings (SSSR count). The third-order valence-corrected chi connectivity index (χ3v) is 4.49. The van der Waals surface area contributed by atoms with Gasteiger partial charge in [0, 0.05) is 26.2 Å². The first-order valence-corrected chi connectivity index (χ1v) is 8.07. The third-order valence-electron chi connectivity index (χ3n) is 4.49. The van der Waals surface area contributed by atoms with Crippen LogP contribution in [0.4, 0.5) is 0 Å². The lowest BCUT2D eigenvalue weighted by Crippen LogP contribution is -2.40. The molecule has 0 aromatic heterocycles. The van der Waals surface area contributed by atoms with Crippen molar-refractivity contribution in [2.45, 2.75) is 45.4 Å². The summed E-state index contributed by atoms with van der Waals surface area (Å²) in [6.07, 6.45) is 7.85. The van der Waals surface area contributed by atoms with Gasteiger partial charge in [0.1, 0.15) is 0 Å². The van der Waals surface area contributed by atoms with Gasteiger partial charge in [-0.05, 0) is 44.7 Å². The van der Waals surface area contributed by atoms with Gasteiger partial charge in [-0.3, -0.25) is 4.99 Å². The second-order valence-electron chi connectivity index (χ2n) is 6.00. The van der Waals surface area contributed by atoms with Crippen LogP contribution in [0, 0.1) is 5.92 Å². The average molecular weight is 394 g/mol. The summed E-state index contributed by atoms with van der Waals surface area (Å²) in [5, 5.41) is 0. The van der Waals surface area contributed by atoms with Crippen molar-refractivity contribution in [2.24, 2.45) is 16.6 Å². The number of piperidine rings is 1. The summed E-state index contributed by atoms with van der Waals surface area (Å²) < 4.78 is 0. The number of halogens is 1. The highest BCUT2D eigenvalue weighted by Crippen LogP contribution is 2.16. The fraction of sp³-hybridized carbons (Fsp3) is 0.933. The maximum Gasteiger partial charge on any atom is 0.191 e. The van der Waals surface area contributed by atoms with Crippen LogP contribution in [0.15, 0.2) is 4.99 Å². The molecule has 0 aliphatic carbocycles. The number of guanidine groups is 1. The largest absolute Gasteiger partial charge is 0.370 e. The average Bonchev–Trinajstić information content (AvgIpc) is 2.74. The van der Waals surface area contributed by atoms with Crippen LogP contribution in [0.5, 0.6) is 0 Å². The van der Waals surface area contributed by atoms with Crippen molar-refractivity contribution >= 4 is 29.9 Å². The SMILES string of the molecule is CCN1CCCC(CN=C(N)N2CCCCCC2)C1.I. The highest BCUT2D eigenvalue weighted by Gasteiger charge is 2.19. The van der Waals surface area contributed by atoms with Gasteiger partial charge < -0.3 is 15.5 Å². The zero-order chi connectivity index (χ0) is 13.5. The molecule has 118 valence electrons. The van der Waals surface area contributed by atoms with Gasteiger partial charge in [-0.25, -0.2) is 0 Å². The van der Waals surface area contributed by atoms with Crippen LogP contribution in [-0.2, 0) is 0 Å². The number of nitrogens with two attached hydrogens (primary N) is 1. The lowest BCUT2D eigenvalue weighted by Gasteiger charge is -2.31. The third kappa shape index (κ3) is 5.76. The summed E-state index contributed by atoms with van der Waals surface area (Å²) in [6, 6.07) is 0. The predicted molar refractivity (Wildman–Crippen MR) is 96.8 cm³/mol. The van der Waals surface area contributed by atoms with Crippen molar-refractivity contribution in [3.63, 3.8) is 0 Å². The molecule has 2 N–H and O–H groups in total. The maximum absolute atomic E-state index is 6.16. The van der Waals surface area contributed by atoms with Crippen LogP contribution in [0.1, 0.15) is 45.4 Å². The van der Waals surface area contributed by atoms with E-state index in [-0.39, 0.29) is 24.0 Å². The van der Waals surface area contributed by atoms with Crippen LogP contribution in [0.3, 0.4) is 0 Å². The number of likely N-dealkylation sites (tertiary alicyclic amines) is 2. The fourth-order valence-corrected chi connectivity index (χ4v) is 3.21. The molecule has 2 aliphatic rings. The van der Waals surface area contributed by atoms with E-state index < -0.39 is 0 Å². The van der Waals surface area contributed by atoms with E-state index in [4.69, 9.17) is 5.73 Å². The molecule has 4 nitrogen and oxygen atoms in total. The zero-order valence-corrected chi connectivity index (χ0v) is 15.2. The van der Waals surface area contributed by atoms with Crippen molar-refractivity contribution < 1.29 is 0 Å². The van der Waals surface area contributed by atoms with Crippen LogP contribution in [0.25, 0.3) is 0 Å². The first-order valence-electron chi connectivity index (χ1n) is 8.07. The van der Waals surface area contributed by atoms with Crippen molar-refractivity contribution in [3.8, 4) is 0 Å². The molecule has 0 saturated carbocycles. The Morgan fingerprint density at radius 3 is 2.45 bits per heavy atom. The molecule has 1 atom stereocenters. The van der Waals surface area contributed by atoms with E-state index >= 15 is 0 Å². The Kier molecular flexibility index (Phi) is 8.84. The highest BCUT2D eigenvalue weighted by atomic mass is 127. The summed E-state index contributed by atoms with van der Waals surface area (Å²) in [4.78, 5) is 9.49. The first-order chi connectivity index (χ1) is 9.29. The summed E-state index contributed by atoms with van der Waals surface area (Å²) in [6.45, 7) is 8.99. The minimum atomic E-state index is 0. The molecule has 0 bridgehead atoms. The van der Waals surface area contributed by atoms with E-state index in [1.807, 2.05) is 0 Å². The summed E-state index contributed by atoms with van der Waals surface area (Å²) in [5.74, 6) is 1.50. The number of hydrogen-bond donors (Lipinski definition) is 1. The van der Waals surface area contributed by atoms with Crippen molar-refractivity contribution in [1.29, 1.82) is 0 Å². The Hall–Kier alpha value is -0.0400. The molecule has 0 aromatic rings. The Bertz CT molecular complexity index is 288. The molecule has 0 amide bonds. The normalized spacial score (nSPS) is 25.9. The zero-order valence-electron chi connectivity index (χ0n) is 12.9. The van der Waals surface area contributed by atoms with Gasteiger partial charge in [0.2, 0.25) is 0 Å². The Labute approximate surface area is 141 Å². The van der Waals surface area contributed by atoms with Crippen molar-refractivity contribution in [3.05, 3.63) is 0 Å². The van der Waals surface area contributed by atoms with E-state index in [0.29, 0.717) is 5.92 Å². The molecule has 2 saturated heterocycles. The Balaban J connectivity index is 0.00000200. The highest BCUT2D eigenvalue weighted by molar-refractivity contribution is 14.0. The van der Waals surface area contributed by atoms with E-state index in [2.05, 4.69) is 21.7 Å². The number of aliphatic imine (C=N–C) groups is 1. The van der Waals surface area contributed by atoms with E-state index in [9.17, 15) is 0 Å². The molecule has 20 heavy (non-hydrogen) atoms. The van der Waals surface area contributed by atoms with Crippen LogP contribution < -0.4 is 5.73 Å². The van der Waals surface area contributed by atoms with Gasteiger partial charge in [-0.15, -0.1) is 24.0 Å². The van der Waals surface area contributed by atoms with E-state index in [1.165, 1.54) is 58.2 Å². The van der Waals surface area contributed by atoms with Gasteiger partial charge in [0.05, 0.1) is 0 Å². The topological polar surface area (TPSA) is 44.9 Å². The monoisotopic (exact) mass is 394 g/mol. The van der Waals surface area contributed by atoms with Gasteiger partial charge >= 0.3 is 0 Å². The van der Waals surface area contributed by atoms with Crippen LogP contribution >= 0.6 is 24.0 Å². The molecule has 5 heteroatoms. The standard InChI is InChI=1S/C15H30N4.HI/c1-2-18-9-7-8-14(13-18)12-17-15(16)19-10-5-3-4-6-11-19;/h14H,2-13H2,1H3,(H2,16,17);1H. The van der Waals surface area contributed by atoms with E-state index in [0.717, 1.165) is 25.6 Å². The van der Waals surface area contributed by atoms with Gasteiger partial charge in [0.25, 0.3) is 0 Å². The number of rotatable bonds is 3. The van der Waals surface area contributed by atoms with Gasteiger partial charge in [-0.2, -0.15) is 0 Å². The molecule has 2 aliphatic heterocycles. The predicted octanol–water partition coefficient (Wildman–Crippen LogP) is 2.53. The smallest absolute Gasteiger partial charge is 0.191 e. The molecule has 0 radical (unpaired) electrons. The number of hydrogen-bond acceptors (Lipinski definition) is 2. The second-order valence-corrected chi connectivity index (χ2v) is 6.00. The molecule has 0 spiro atoms. The summed E-state index contributed by atoms with van der Waals surface area (Å²) in [5.41, 5.74) is 6.16. The minimum Gasteiger partial charge on any atom is -0.370 e. The van der Waals surface area contributed by atoms with Gasteiger partial charge in [-0.1, -0.05) is 19.8 Å². The summed E-state index contributed by atoms with van der Waals surface area (Å²) in [7, 11) is 0. The van der Waals surface area contributed by atoms with Crippen LogP contribution in [-0.4, -0.2) is 55.0 Å². The molecular weight excluding hydrogens is 363 g/mol. The number of nitrogens with zero attached hydrogens (tertiary/aromatic N) is 3. The molecule has 0 aromatic carbocycles. The molecular formula is C15H31IN4. The quantitative estimate of drug-likeness (QED) is 0.455. The Morgan fingerprint density at radius 2 is 1.80 bits per heavy atom. The molecule has 2 fully saturated rings. The molecule has 1 unspecified atom stereocenters. The lowest BCUT2D eigenvalue weighted by molar-refractivity contribution is 0.186. The van der Waals surface area contributed by atoms with E-state index in [1.54, 1.807) is 0 Å². The lowest BCUT2D eigenvalue weighted by atomic mass is 9.98. The fourth-order valence-electron chi connectivity index (χ4n) is 3.21. The summed E-state index contributed by atoms with van der Waals surface area (Å²) >= 11 is 0. The Morgan fingerprint density at radius 1 is 1.10 bits per heavy atom. The van der Waals surface area contributed by atoms with Crippen LogP contribution in [0.2, 0.25) is 0 Å². The van der Waals surface area contributed by atoms with Gasteiger partial charge in [0.15, 0.2) is 5.96 Å². The maximum atomic E-state index is 6.16.